The highest BCUT2D eigenvalue weighted by atomic mass is 32.2. The smallest absolute Gasteiger partial charge is 0.204 e. The van der Waals surface area contributed by atoms with E-state index in [0.717, 1.165) is 18.4 Å². The minimum absolute atomic E-state index is 0.0637. The van der Waals surface area contributed by atoms with Gasteiger partial charge in [-0.2, -0.15) is 0 Å². The Bertz CT molecular complexity index is 715. The second-order valence-electron chi connectivity index (χ2n) is 3.84. The minimum Gasteiger partial charge on any atom is -0.229 e. The third-order valence-electron chi connectivity index (χ3n) is 2.36. The zero-order valence-electron chi connectivity index (χ0n) is 8.84. The Morgan fingerprint density at radius 3 is 2.47 bits per heavy atom. The molecular weight excluding hydrogens is 267 g/mol. The van der Waals surface area contributed by atoms with Crippen molar-refractivity contribution in [2.45, 2.75) is 4.90 Å². The van der Waals surface area contributed by atoms with Gasteiger partial charge in [0, 0.05) is 11.8 Å². The number of fused-ring (bicyclic) bond motifs is 1. The molecule has 2 rings (SSSR count). The van der Waals surface area contributed by atoms with Crippen molar-refractivity contribution in [3.63, 3.8) is 0 Å². The molecule has 0 radical (unpaired) electrons. The monoisotopic (exact) mass is 276 g/mol. The zero-order chi connectivity index (χ0) is 12.8. The first-order valence-electron chi connectivity index (χ1n) is 4.64. The van der Waals surface area contributed by atoms with Crippen LogP contribution in [0.2, 0.25) is 0 Å². The van der Waals surface area contributed by atoms with Crippen LogP contribution >= 0.6 is 0 Å². The Hall–Kier alpha value is -1.21. The maximum Gasteiger partial charge on any atom is 0.204 e. The number of sulfone groups is 2. The second kappa shape index (κ2) is 3.64. The molecule has 0 bridgehead atoms. The molecule has 0 atom stereocenters. The van der Waals surface area contributed by atoms with Crippen LogP contribution in [0.1, 0.15) is 5.56 Å². The lowest BCUT2D eigenvalue weighted by molar-refractivity contribution is 0.594. The predicted octanol–water partition coefficient (Wildman–Crippen LogP) is 0.999. The maximum absolute atomic E-state index is 13.4. The molecule has 92 valence electrons. The Morgan fingerprint density at radius 2 is 1.94 bits per heavy atom. The highest BCUT2D eigenvalue weighted by Gasteiger charge is 2.32. The van der Waals surface area contributed by atoms with Crippen molar-refractivity contribution in [3.8, 4) is 0 Å². The summed E-state index contributed by atoms with van der Waals surface area (Å²) >= 11 is 0. The third-order valence-corrected chi connectivity index (χ3v) is 5.26. The summed E-state index contributed by atoms with van der Waals surface area (Å²) in [6.45, 7) is 0. The van der Waals surface area contributed by atoms with E-state index in [-0.39, 0.29) is 15.4 Å². The summed E-state index contributed by atoms with van der Waals surface area (Å²) in [4.78, 5) is -0.448. The first-order chi connectivity index (χ1) is 7.72. The van der Waals surface area contributed by atoms with Gasteiger partial charge >= 0.3 is 0 Å². The van der Waals surface area contributed by atoms with E-state index in [1.807, 2.05) is 0 Å². The minimum atomic E-state index is -3.86. The van der Waals surface area contributed by atoms with Gasteiger partial charge in [-0.3, -0.25) is 0 Å². The fourth-order valence-corrected chi connectivity index (χ4v) is 4.77. The van der Waals surface area contributed by atoms with Gasteiger partial charge in [-0.1, -0.05) is 6.07 Å². The molecule has 1 aromatic rings. The summed E-state index contributed by atoms with van der Waals surface area (Å²) in [5.41, 5.74) is -0.0637. The summed E-state index contributed by atoms with van der Waals surface area (Å²) in [5.74, 6) is -1.28. The molecule has 0 saturated heterocycles. The van der Waals surface area contributed by atoms with Crippen LogP contribution in [0.3, 0.4) is 0 Å². The SMILES string of the molecule is CS(=O)(=O)CC1=Cc2c(F)cccc2S1(=O)=O. The van der Waals surface area contributed by atoms with E-state index in [2.05, 4.69) is 0 Å². The van der Waals surface area contributed by atoms with Crippen LogP contribution in [-0.4, -0.2) is 28.8 Å². The van der Waals surface area contributed by atoms with Gasteiger partial charge in [0.2, 0.25) is 9.84 Å². The van der Waals surface area contributed by atoms with Crippen molar-refractivity contribution in [1.29, 1.82) is 0 Å². The molecule has 0 N–H and O–H groups in total. The summed E-state index contributed by atoms with van der Waals surface area (Å²) in [7, 11) is -7.34. The molecule has 1 aliphatic heterocycles. The van der Waals surface area contributed by atoms with Gasteiger partial charge in [-0.25, -0.2) is 21.2 Å². The van der Waals surface area contributed by atoms with Crippen molar-refractivity contribution >= 4 is 25.8 Å². The number of rotatable bonds is 2. The van der Waals surface area contributed by atoms with Crippen LogP contribution in [0.15, 0.2) is 28.0 Å². The van der Waals surface area contributed by atoms with Crippen molar-refractivity contribution in [1.82, 2.24) is 0 Å². The lowest BCUT2D eigenvalue weighted by Crippen LogP contribution is -2.11. The van der Waals surface area contributed by atoms with Gasteiger partial charge < -0.3 is 0 Å². The van der Waals surface area contributed by atoms with Crippen LogP contribution in [0.25, 0.3) is 6.08 Å². The summed E-state index contributed by atoms with van der Waals surface area (Å²) in [6.07, 6.45) is 2.02. The predicted molar refractivity (Wildman–Crippen MR) is 61.3 cm³/mol. The number of halogens is 1. The van der Waals surface area contributed by atoms with E-state index in [4.69, 9.17) is 0 Å². The van der Waals surface area contributed by atoms with Gasteiger partial charge in [0.25, 0.3) is 0 Å². The molecule has 1 aliphatic rings. The Kier molecular flexibility index (Phi) is 2.62. The fourth-order valence-electron chi connectivity index (χ4n) is 1.65. The van der Waals surface area contributed by atoms with E-state index in [1.165, 1.54) is 12.1 Å². The van der Waals surface area contributed by atoms with Crippen LogP contribution in [-0.2, 0) is 19.7 Å². The van der Waals surface area contributed by atoms with E-state index < -0.39 is 31.2 Å². The van der Waals surface area contributed by atoms with Gasteiger partial charge in [0.05, 0.1) is 15.6 Å². The Labute approximate surface area is 98.6 Å². The summed E-state index contributed by atoms with van der Waals surface area (Å²) in [6, 6.07) is 3.68. The third kappa shape index (κ3) is 2.12. The lowest BCUT2D eigenvalue weighted by Gasteiger charge is -2.02. The average Bonchev–Trinajstić information content (AvgIpc) is 2.39. The van der Waals surface area contributed by atoms with Crippen molar-refractivity contribution in [2.75, 3.05) is 12.0 Å². The molecule has 4 nitrogen and oxygen atoms in total. The topological polar surface area (TPSA) is 68.3 Å². The van der Waals surface area contributed by atoms with Crippen LogP contribution in [0.5, 0.6) is 0 Å². The standard InChI is InChI=1S/C10H9FO4S2/c1-16(12,13)6-7-5-8-9(11)3-2-4-10(8)17(7,14)15/h2-5H,6H2,1H3. The van der Waals surface area contributed by atoms with Gasteiger partial charge in [0.15, 0.2) is 9.84 Å². The number of benzene rings is 1. The normalized spacial score (nSPS) is 17.6. The molecule has 7 heteroatoms. The number of hydrogen-bond donors (Lipinski definition) is 0. The van der Waals surface area contributed by atoms with E-state index in [9.17, 15) is 21.2 Å². The van der Waals surface area contributed by atoms with E-state index in [0.29, 0.717) is 0 Å². The maximum atomic E-state index is 13.4. The first kappa shape index (κ1) is 12.3. The van der Waals surface area contributed by atoms with Crippen LogP contribution < -0.4 is 0 Å². The van der Waals surface area contributed by atoms with Crippen LogP contribution in [0.4, 0.5) is 4.39 Å². The fraction of sp³-hybridized carbons (Fsp3) is 0.200. The quantitative estimate of drug-likeness (QED) is 0.808. The summed E-state index contributed by atoms with van der Waals surface area (Å²) < 4.78 is 59.4. The largest absolute Gasteiger partial charge is 0.229 e. The molecule has 17 heavy (non-hydrogen) atoms. The van der Waals surface area contributed by atoms with E-state index in [1.54, 1.807) is 0 Å². The molecule has 0 aromatic heterocycles. The highest BCUT2D eigenvalue weighted by molar-refractivity contribution is 7.98. The highest BCUT2D eigenvalue weighted by Crippen LogP contribution is 2.34. The van der Waals surface area contributed by atoms with Gasteiger partial charge in [-0.05, 0) is 18.2 Å². The molecule has 0 fully saturated rings. The Balaban J connectivity index is 2.63. The zero-order valence-corrected chi connectivity index (χ0v) is 10.5. The molecule has 0 amide bonds. The molecule has 0 spiro atoms. The van der Waals surface area contributed by atoms with E-state index >= 15 is 0 Å². The lowest BCUT2D eigenvalue weighted by atomic mass is 10.2. The van der Waals surface area contributed by atoms with Crippen molar-refractivity contribution in [2.24, 2.45) is 0 Å². The average molecular weight is 276 g/mol. The van der Waals surface area contributed by atoms with Gasteiger partial charge in [-0.15, -0.1) is 0 Å². The molecule has 0 aliphatic carbocycles. The molecule has 1 heterocycles. The van der Waals surface area contributed by atoms with Crippen molar-refractivity contribution in [3.05, 3.63) is 34.5 Å². The van der Waals surface area contributed by atoms with Crippen molar-refractivity contribution < 1.29 is 21.2 Å². The molecule has 0 saturated carbocycles. The first-order valence-corrected chi connectivity index (χ1v) is 8.18. The second-order valence-corrected chi connectivity index (χ2v) is 7.95. The summed E-state index contributed by atoms with van der Waals surface area (Å²) in [5, 5.41) is 0. The molecule has 0 unspecified atom stereocenters. The van der Waals surface area contributed by atoms with Crippen LogP contribution in [0, 0.1) is 5.82 Å². The Morgan fingerprint density at radius 1 is 1.29 bits per heavy atom. The molecule has 1 aromatic carbocycles. The number of hydrogen-bond acceptors (Lipinski definition) is 4. The van der Waals surface area contributed by atoms with Gasteiger partial charge in [0.1, 0.15) is 5.82 Å². The molecular formula is C10H9FO4S2.